The maximum Gasteiger partial charge on any atom is 0.338 e. The summed E-state index contributed by atoms with van der Waals surface area (Å²) in [5.41, 5.74) is 1.04. The molecule has 2 aromatic carbocycles. The summed E-state index contributed by atoms with van der Waals surface area (Å²) in [5, 5.41) is 4.53. The van der Waals surface area contributed by atoms with Gasteiger partial charge in [-0.1, -0.05) is 6.07 Å². The molecule has 1 aromatic heterocycles. The minimum absolute atomic E-state index is 0.231. The summed E-state index contributed by atoms with van der Waals surface area (Å²) >= 11 is 1.33. The zero-order chi connectivity index (χ0) is 19.2. The number of hydrogen-bond acceptors (Lipinski definition) is 5. The number of rotatable bonds is 6. The highest BCUT2D eigenvalue weighted by Crippen LogP contribution is 2.15. The molecule has 0 unspecified atom stereocenters. The van der Waals surface area contributed by atoms with Crippen molar-refractivity contribution in [3.63, 3.8) is 0 Å². The lowest BCUT2D eigenvalue weighted by Crippen LogP contribution is -2.14. The van der Waals surface area contributed by atoms with Gasteiger partial charge in [-0.3, -0.25) is 9.59 Å². The van der Waals surface area contributed by atoms with Crippen LogP contribution in [0.2, 0.25) is 0 Å². The molecule has 7 heteroatoms. The zero-order valence-electron chi connectivity index (χ0n) is 14.0. The summed E-state index contributed by atoms with van der Waals surface area (Å²) in [5.74, 6) is -1.77. The Morgan fingerprint density at radius 2 is 1.59 bits per heavy atom. The predicted octanol–water partition coefficient (Wildman–Crippen LogP) is 4.18. The number of Topliss-reactive ketones (excluding diaryl/α,β-unsaturated/α-hetero) is 1. The van der Waals surface area contributed by atoms with Gasteiger partial charge < -0.3 is 10.1 Å². The van der Waals surface area contributed by atoms with Crippen LogP contribution >= 0.6 is 11.3 Å². The Morgan fingerprint density at radius 1 is 0.926 bits per heavy atom. The largest absolute Gasteiger partial charge is 0.454 e. The van der Waals surface area contributed by atoms with E-state index in [0.717, 1.165) is 12.1 Å². The lowest BCUT2D eigenvalue weighted by Gasteiger charge is -2.06. The molecule has 0 atom stereocenters. The zero-order valence-corrected chi connectivity index (χ0v) is 14.8. The molecule has 0 fully saturated rings. The lowest BCUT2D eigenvalue weighted by atomic mass is 10.1. The van der Waals surface area contributed by atoms with Crippen molar-refractivity contribution >= 4 is 34.7 Å². The van der Waals surface area contributed by atoms with Gasteiger partial charge in [-0.05, 0) is 60.0 Å². The van der Waals surface area contributed by atoms with E-state index in [0.29, 0.717) is 10.6 Å². The van der Waals surface area contributed by atoms with Crippen LogP contribution in [0, 0.1) is 5.82 Å². The third-order valence-corrected chi connectivity index (χ3v) is 4.49. The van der Waals surface area contributed by atoms with E-state index in [-0.39, 0.29) is 17.0 Å². The second-order valence-electron chi connectivity index (χ2n) is 5.51. The molecular formula is C20H14FNO4S. The predicted molar refractivity (Wildman–Crippen MR) is 99.7 cm³/mol. The van der Waals surface area contributed by atoms with E-state index in [1.54, 1.807) is 29.6 Å². The van der Waals surface area contributed by atoms with Crippen molar-refractivity contribution in [3.05, 3.63) is 87.9 Å². The molecule has 0 bridgehead atoms. The van der Waals surface area contributed by atoms with Gasteiger partial charge in [0.05, 0.1) is 10.4 Å². The van der Waals surface area contributed by atoms with Gasteiger partial charge in [0.25, 0.3) is 5.91 Å². The topological polar surface area (TPSA) is 72.5 Å². The van der Waals surface area contributed by atoms with Crippen LogP contribution in [-0.2, 0) is 4.74 Å². The molecule has 0 saturated heterocycles. The highest BCUT2D eigenvalue weighted by atomic mass is 32.1. The quantitative estimate of drug-likeness (QED) is 0.512. The molecule has 136 valence electrons. The summed E-state index contributed by atoms with van der Waals surface area (Å²) in [7, 11) is 0. The maximum atomic E-state index is 12.9. The van der Waals surface area contributed by atoms with Crippen molar-refractivity contribution in [2.45, 2.75) is 0 Å². The molecule has 0 spiro atoms. The fourth-order valence-electron chi connectivity index (χ4n) is 2.22. The Hall–Kier alpha value is -3.32. The summed E-state index contributed by atoms with van der Waals surface area (Å²) in [6.07, 6.45) is 0. The smallest absolute Gasteiger partial charge is 0.338 e. The minimum atomic E-state index is -0.665. The van der Waals surface area contributed by atoms with Crippen molar-refractivity contribution in [3.8, 4) is 0 Å². The van der Waals surface area contributed by atoms with Crippen LogP contribution in [0.3, 0.4) is 0 Å². The van der Waals surface area contributed by atoms with Gasteiger partial charge in [0.1, 0.15) is 5.82 Å². The average molecular weight is 383 g/mol. The van der Waals surface area contributed by atoms with Crippen LogP contribution in [0.1, 0.15) is 30.4 Å². The molecule has 0 aliphatic heterocycles. The number of anilines is 1. The molecule has 1 heterocycles. The minimum Gasteiger partial charge on any atom is -0.454 e. The molecular weight excluding hydrogens is 369 g/mol. The number of thiophene rings is 1. The van der Waals surface area contributed by atoms with Crippen LogP contribution in [0.5, 0.6) is 0 Å². The molecule has 0 aliphatic carbocycles. The van der Waals surface area contributed by atoms with Crippen molar-refractivity contribution < 1.29 is 23.5 Å². The van der Waals surface area contributed by atoms with E-state index in [9.17, 15) is 18.8 Å². The molecule has 27 heavy (non-hydrogen) atoms. The number of carbonyl (C=O) groups excluding carboxylic acids is 3. The van der Waals surface area contributed by atoms with Gasteiger partial charge >= 0.3 is 5.97 Å². The Morgan fingerprint density at radius 3 is 2.22 bits per heavy atom. The van der Waals surface area contributed by atoms with Gasteiger partial charge in [0.15, 0.2) is 12.4 Å². The Bertz CT molecular complexity index is 951. The van der Waals surface area contributed by atoms with Gasteiger partial charge in [-0.15, -0.1) is 11.3 Å². The summed E-state index contributed by atoms with van der Waals surface area (Å²) < 4.78 is 17.8. The van der Waals surface area contributed by atoms with E-state index in [1.807, 2.05) is 0 Å². The molecule has 1 N–H and O–H groups in total. The molecule has 0 aliphatic rings. The summed E-state index contributed by atoms with van der Waals surface area (Å²) in [6.45, 7) is -0.443. The molecule has 3 rings (SSSR count). The third kappa shape index (κ3) is 4.86. The second kappa shape index (κ2) is 8.37. The Kier molecular flexibility index (Phi) is 5.73. The molecule has 5 nitrogen and oxygen atoms in total. The third-order valence-electron chi connectivity index (χ3n) is 3.62. The normalized spacial score (nSPS) is 10.3. The fourth-order valence-corrected chi connectivity index (χ4v) is 2.84. The van der Waals surface area contributed by atoms with Crippen LogP contribution in [0.15, 0.2) is 66.0 Å². The second-order valence-corrected chi connectivity index (χ2v) is 6.46. The first kappa shape index (κ1) is 18.5. The molecule has 1 amide bonds. The van der Waals surface area contributed by atoms with E-state index < -0.39 is 24.2 Å². The first-order valence-electron chi connectivity index (χ1n) is 7.94. The first-order chi connectivity index (χ1) is 13.0. The monoisotopic (exact) mass is 383 g/mol. The van der Waals surface area contributed by atoms with Crippen LogP contribution in [-0.4, -0.2) is 24.3 Å². The van der Waals surface area contributed by atoms with Crippen LogP contribution < -0.4 is 5.32 Å². The number of benzene rings is 2. The molecule has 0 saturated carbocycles. The summed E-state index contributed by atoms with van der Waals surface area (Å²) in [4.78, 5) is 36.5. The average Bonchev–Trinajstić information content (AvgIpc) is 3.22. The number of hydrogen-bond donors (Lipinski definition) is 1. The first-order valence-corrected chi connectivity index (χ1v) is 8.82. The number of nitrogens with one attached hydrogen (secondary N) is 1. The fraction of sp³-hybridized carbons (Fsp3) is 0.0500. The number of amides is 1. The van der Waals surface area contributed by atoms with Gasteiger partial charge in [0.2, 0.25) is 0 Å². The van der Waals surface area contributed by atoms with Crippen LogP contribution in [0.25, 0.3) is 0 Å². The SMILES string of the molecule is O=C(COC(=O)c1ccc(NC(=O)c2cccs2)cc1)c1ccc(F)cc1. The highest BCUT2D eigenvalue weighted by molar-refractivity contribution is 7.12. The van der Waals surface area contributed by atoms with Crippen molar-refractivity contribution in [1.82, 2.24) is 0 Å². The van der Waals surface area contributed by atoms with E-state index >= 15 is 0 Å². The van der Waals surface area contributed by atoms with E-state index in [1.165, 1.54) is 35.6 Å². The van der Waals surface area contributed by atoms with Gasteiger partial charge in [-0.25, -0.2) is 9.18 Å². The standard InChI is InChI=1S/C20H14FNO4S/c21-15-7-3-13(4-8-15)17(23)12-26-20(25)14-5-9-16(10-6-14)22-19(24)18-2-1-11-27-18/h1-11H,12H2,(H,22,24). The van der Waals surface area contributed by atoms with Gasteiger partial charge in [0, 0.05) is 11.3 Å². The summed E-state index contributed by atoms with van der Waals surface area (Å²) in [6, 6.07) is 14.6. The van der Waals surface area contributed by atoms with E-state index in [4.69, 9.17) is 4.74 Å². The number of carbonyl (C=O) groups is 3. The van der Waals surface area contributed by atoms with Crippen molar-refractivity contribution in [2.75, 3.05) is 11.9 Å². The Balaban J connectivity index is 1.55. The number of halogens is 1. The lowest BCUT2D eigenvalue weighted by molar-refractivity contribution is 0.0474. The maximum absolute atomic E-state index is 12.9. The number of esters is 1. The Labute approximate surface area is 158 Å². The number of ether oxygens (including phenoxy) is 1. The van der Waals surface area contributed by atoms with Crippen molar-refractivity contribution in [1.29, 1.82) is 0 Å². The molecule has 3 aromatic rings. The van der Waals surface area contributed by atoms with E-state index in [2.05, 4.69) is 5.32 Å². The highest BCUT2D eigenvalue weighted by Gasteiger charge is 2.13. The molecule has 0 radical (unpaired) electrons. The van der Waals surface area contributed by atoms with Gasteiger partial charge in [-0.2, -0.15) is 0 Å². The van der Waals surface area contributed by atoms with Crippen LogP contribution in [0.4, 0.5) is 10.1 Å². The van der Waals surface area contributed by atoms with Crippen molar-refractivity contribution in [2.24, 2.45) is 0 Å². The number of ketones is 1.